The highest BCUT2D eigenvalue weighted by Gasteiger charge is 2.11. The fourth-order valence-electron chi connectivity index (χ4n) is 2.78. The summed E-state index contributed by atoms with van der Waals surface area (Å²) in [7, 11) is 3.33. The van der Waals surface area contributed by atoms with Crippen molar-refractivity contribution >= 4 is 22.6 Å². The fourth-order valence-corrected chi connectivity index (χ4v) is 2.78. The summed E-state index contributed by atoms with van der Waals surface area (Å²) in [6.45, 7) is 0.430. The van der Waals surface area contributed by atoms with E-state index in [4.69, 9.17) is 4.74 Å². The van der Waals surface area contributed by atoms with Crippen LogP contribution in [-0.4, -0.2) is 37.4 Å². The molecule has 0 heterocycles. The van der Waals surface area contributed by atoms with E-state index in [1.54, 1.807) is 31.1 Å². The van der Waals surface area contributed by atoms with E-state index < -0.39 is 0 Å². The molecule has 0 aromatic heterocycles. The van der Waals surface area contributed by atoms with Crippen molar-refractivity contribution in [2.45, 2.75) is 6.54 Å². The number of rotatable bonds is 6. The lowest BCUT2D eigenvalue weighted by Crippen LogP contribution is -2.31. The first-order chi connectivity index (χ1) is 13.1. The molecule has 0 fully saturated rings. The first-order valence-electron chi connectivity index (χ1n) is 8.73. The van der Waals surface area contributed by atoms with Gasteiger partial charge in [0.15, 0.2) is 6.61 Å². The fraction of sp³-hybridized carbons (Fsp3) is 0.182. The van der Waals surface area contributed by atoms with Gasteiger partial charge < -0.3 is 15.0 Å². The lowest BCUT2D eigenvalue weighted by Gasteiger charge is -2.18. The highest BCUT2D eigenvalue weighted by atomic mass is 16.5. The number of nitrogens with one attached hydrogen (secondary N) is 1. The van der Waals surface area contributed by atoms with Crippen molar-refractivity contribution in [3.05, 3.63) is 77.9 Å². The van der Waals surface area contributed by atoms with E-state index in [2.05, 4.69) is 5.32 Å². The van der Waals surface area contributed by atoms with Crippen LogP contribution in [-0.2, 0) is 11.3 Å². The van der Waals surface area contributed by atoms with Crippen molar-refractivity contribution in [2.75, 3.05) is 20.7 Å². The van der Waals surface area contributed by atoms with Gasteiger partial charge in [0, 0.05) is 26.2 Å². The second-order valence-electron chi connectivity index (χ2n) is 6.32. The molecule has 0 aliphatic rings. The summed E-state index contributed by atoms with van der Waals surface area (Å²) >= 11 is 0. The molecule has 5 heteroatoms. The average molecular weight is 362 g/mol. The Bertz CT molecular complexity index is 951. The molecule has 2 amide bonds. The third-order valence-corrected chi connectivity index (χ3v) is 4.37. The smallest absolute Gasteiger partial charge is 0.260 e. The number of carbonyl (C=O) groups excluding carboxylic acids is 2. The number of ether oxygens (including phenoxy) is 1. The normalized spacial score (nSPS) is 10.4. The van der Waals surface area contributed by atoms with E-state index in [1.807, 2.05) is 54.6 Å². The standard InChI is InChI=1S/C22H22N2O3/c1-23-22(26)18-9-7-16(8-10-18)14-24(2)21(25)15-27-20-12-11-17-5-3-4-6-19(17)13-20/h3-13H,14-15H2,1-2H3,(H,23,26). The number of hydrogen-bond acceptors (Lipinski definition) is 3. The molecule has 0 spiro atoms. The molecule has 138 valence electrons. The molecule has 0 aliphatic heterocycles. The van der Waals surface area contributed by atoms with Gasteiger partial charge in [-0.25, -0.2) is 0 Å². The topological polar surface area (TPSA) is 58.6 Å². The monoisotopic (exact) mass is 362 g/mol. The van der Waals surface area contributed by atoms with Gasteiger partial charge in [-0.15, -0.1) is 0 Å². The highest BCUT2D eigenvalue weighted by molar-refractivity contribution is 5.94. The van der Waals surface area contributed by atoms with Crippen LogP contribution in [0.1, 0.15) is 15.9 Å². The van der Waals surface area contributed by atoms with Gasteiger partial charge in [0.1, 0.15) is 5.75 Å². The minimum atomic E-state index is -0.130. The number of carbonyl (C=O) groups is 2. The molecule has 3 rings (SSSR count). The third kappa shape index (κ3) is 4.64. The van der Waals surface area contributed by atoms with Crippen LogP contribution in [0.2, 0.25) is 0 Å². The van der Waals surface area contributed by atoms with Crippen molar-refractivity contribution in [2.24, 2.45) is 0 Å². The van der Waals surface area contributed by atoms with Crippen LogP contribution in [0.25, 0.3) is 10.8 Å². The Hall–Kier alpha value is -3.34. The average Bonchev–Trinajstić information content (AvgIpc) is 2.71. The van der Waals surface area contributed by atoms with Gasteiger partial charge in [0.25, 0.3) is 11.8 Å². The molecule has 0 bridgehead atoms. The lowest BCUT2D eigenvalue weighted by molar-refractivity contribution is -0.132. The number of fused-ring (bicyclic) bond motifs is 1. The number of nitrogens with zero attached hydrogens (tertiary/aromatic N) is 1. The Kier molecular flexibility index (Phi) is 5.71. The molecule has 0 saturated heterocycles. The molecular formula is C22H22N2O3. The molecule has 3 aromatic rings. The van der Waals surface area contributed by atoms with Crippen LogP contribution < -0.4 is 10.1 Å². The predicted molar refractivity (Wildman–Crippen MR) is 106 cm³/mol. The number of hydrogen-bond donors (Lipinski definition) is 1. The van der Waals surface area contributed by atoms with Crippen molar-refractivity contribution in [3.8, 4) is 5.75 Å². The Morgan fingerprint density at radius 3 is 2.37 bits per heavy atom. The maximum absolute atomic E-state index is 12.3. The summed E-state index contributed by atoms with van der Waals surface area (Å²) in [6.07, 6.45) is 0. The molecule has 0 unspecified atom stereocenters. The van der Waals surface area contributed by atoms with Crippen LogP contribution in [0.15, 0.2) is 66.7 Å². The zero-order valence-corrected chi connectivity index (χ0v) is 15.4. The SMILES string of the molecule is CNC(=O)c1ccc(CN(C)C(=O)COc2ccc3ccccc3c2)cc1. The van der Waals surface area contributed by atoms with Gasteiger partial charge in [-0.05, 0) is 40.6 Å². The molecule has 0 saturated carbocycles. The van der Waals surface area contributed by atoms with Crippen molar-refractivity contribution in [3.63, 3.8) is 0 Å². The summed E-state index contributed by atoms with van der Waals surface area (Å²) < 4.78 is 5.66. The molecule has 1 N–H and O–H groups in total. The van der Waals surface area contributed by atoms with Crippen LogP contribution in [0, 0.1) is 0 Å². The summed E-state index contributed by atoms with van der Waals surface area (Å²) in [5.41, 5.74) is 1.54. The maximum Gasteiger partial charge on any atom is 0.260 e. The van der Waals surface area contributed by atoms with Gasteiger partial charge >= 0.3 is 0 Å². The second-order valence-corrected chi connectivity index (χ2v) is 6.32. The van der Waals surface area contributed by atoms with E-state index in [-0.39, 0.29) is 18.4 Å². The largest absolute Gasteiger partial charge is 0.484 e. The molecule has 5 nitrogen and oxygen atoms in total. The van der Waals surface area contributed by atoms with E-state index >= 15 is 0 Å². The van der Waals surface area contributed by atoms with Gasteiger partial charge in [0.2, 0.25) is 0 Å². The lowest BCUT2D eigenvalue weighted by atomic mass is 10.1. The molecular weight excluding hydrogens is 340 g/mol. The predicted octanol–water partition coefficient (Wildman–Crippen LogP) is 3.24. The van der Waals surface area contributed by atoms with Crippen LogP contribution in [0.4, 0.5) is 0 Å². The Labute approximate surface area is 158 Å². The van der Waals surface area contributed by atoms with Gasteiger partial charge in [-0.1, -0.05) is 42.5 Å². The Morgan fingerprint density at radius 1 is 0.963 bits per heavy atom. The Balaban J connectivity index is 1.56. The van der Waals surface area contributed by atoms with E-state index in [1.165, 1.54) is 0 Å². The Morgan fingerprint density at radius 2 is 1.67 bits per heavy atom. The molecule has 0 aliphatic carbocycles. The summed E-state index contributed by atoms with van der Waals surface area (Å²) in [5, 5.41) is 4.79. The number of benzene rings is 3. The second kappa shape index (κ2) is 8.36. The molecule has 0 radical (unpaired) electrons. The van der Waals surface area contributed by atoms with Gasteiger partial charge in [0.05, 0.1) is 0 Å². The third-order valence-electron chi connectivity index (χ3n) is 4.37. The number of likely N-dealkylation sites (N-methyl/N-ethyl adjacent to an activating group) is 1. The van der Waals surface area contributed by atoms with Crippen molar-refractivity contribution < 1.29 is 14.3 Å². The van der Waals surface area contributed by atoms with Gasteiger partial charge in [-0.3, -0.25) is 9.59 Å². The summed E-state index contributed by atoms with van der Waals surface area (Å²) in [4.78, 5) is 25.5. The highest BCUT2D eigenvalue weighted by Crippen LogP contribution is 2.20. The van der Waals surface area contributed by atoms with E-state index in [0.29, 0.717) is 17.9 Å². The zero-order chi connectivity index (χ0) is 19.2. The maximum atomic E-state index is 12.3. The minimum absolute atomic E-state index is 0.0227. The summed E-state index contributed by atoms with van der Waals surface area (Å²) in [6, 6.07) is 21.0. The summed E-state index contributed by atoms with van der Waals surface area (Å²) in [5.74, 6) is 0.429. The van der Waals surface area contributed by atoms with Crippen LogP contribution in [0.5, 0.6) is 5.75 Å². The van der Waals surface area contributed by atoms with Crippen molar-refractivity contribution in [1.82, 2.24) is 10.2 Å². The van der Waals surface area contributed by atoms with Crippen LogP contribution >= 0.6 is 0 Å². The first-order valence-corrected chi connectivity index (χ1v) is 8.73. The molecule has 0 atom stereocenters. The van der Waals surface area contributed by atoms with E-state index in [0.717, 1.165) is 16.3 Å². The van der Waals surface area contributed by atoms with Gasteiger partial charge in [-0.2, -0.15) is 0 Å². The quantitative estimate of drug-likeness (QED) is 0.732. The van der Waals surface area contributed by atoms with Crippen LogP contribution in [0.3, 0.4) is 0 Å². The zero-order valence-electron chi connectivity index (χ0n) is 15.4. The first kappa shape index (κ1) is 18.5. The van der Waals surface area contributed by atoms with Crippen molar-refractivity contribution in [1.29, 1.82) is 0 Å². The minimum Gasteiger partial charge on any atom is -0.484 e. The molecule has 3 aromatic carbocycles. The van der Waals surface area contributed by atoms with E-state index in [9.17, 15) is 9.59 Å². The number of amides is 2. The molecule has 27 heavy (non-hydrogen) atoms.